The van der Waals surface area contributed by atoms with Gasteiger partial charge < -0.3 is 0 Å². The van der Waals surface area contributed by atoms with Gasteiger partial charge in [0.1, 0.15) is 0 Å². The summed E-state index contributed by atoms with van der Waals surface area (Å²) in [6.45, 7) is 30.6. The van der Waals surface area contributed by atoms with Crippen LogP contribution in [0.2, 0.25) is 0 Å². The molecule has 0 saturated heterocycles. The number of sulfone groups is 4. The molecule has 0 saturated carbocycles. The third-order valence-corrected chi connectivity index (χ3v) is 21.1. The molecule has 1 aliphatic heterocycles. The molecule has 376 valence electrons. The van der Waals surface area contributed by atoms with E-state index in [-0.39, 0.29) is 87.1 Å². The zero-order valence-corrected chi connectivity index (χ0v) is 47.3. The molecule has 1 heterocycles. The van der Waals surface area contributed by atoms with Crippen molar-refractivity contribution >= 4 is 39.3 Å². The highest BCUT2D eigenvalue weighted by molar-refractivity contribution is 7.93. The Kier molecular flexibility index (Phi) is 16.1. The lowest BCUT2D eigenvalue weighted by molar-refractivity contribution is 0.567. The van der Waals surface area contributed by atoms with Crippen LogP contribution in [0.1, 0.15) is 207 Å². The minimum absolute atomic E-state index is 0.0911. The maximum atomic E-state index is 16.3. The summed E-state index contributed by atoms with van der Waals surface area (Å²) in [4.78, 5) is -1.39. The highest BCUT2D eigenvalue weighted by Crippen LogP contribution is 2.47. The predicted octanol–water partition coefficient (Wildman–Crippen LogP) is 13.9. The highest BCUT2D eigenvalue weighted by Gasteiger charge is 2.41. The van der Waals surface area contributed by atoms with Gasteiger partial charge in [0.05, 0.1) is 39.2 Å². The second kappa shape index (κ2) is 19.7. The van der Waals surface area contributed by atoms with Crippen molar-refractivity contribution in [3.63, 3.8) is 0 Å². The fourth-order valence-electron chi connectivity index (χ4n) is 9.00. The average molecular weight is 1010 g/mol. The monoisotopic (exact) mass is 1010 g/mol. The van der Waals surface area contributed by atoms with Crippen LogP contribution in [0.4, 0.5) is 0 Å². The summed E-state index contributed by atoms with van der Waals surface area (Å²) in [5.41, 5.74) is -0.668. The van der Waals surface area contributed by atoms with Crippen molar-refractivity contribution in [1.82, 2.24) is 0 Å². The van der Waals surface area contributed by atoms with E-state index in [2.05, 4.69) is 0 Å². The van der Waals surface area contributed by atoms with Gasteiger partial charge in [0, 0.05) is 0 Å². The highest BCUT2D eigenvalue weighted by atomic mass is 32.2. The zero-order chi connectivity index (χ0) is 51.4. The molecule has 8 bridgehead atoms. The van der Waals surface area contributed by atoms with Gasteiger partial charge in [-0.15, -0.1) is 0 Å². The lowest BCUT2D eigenvalue weighted by Crippen LogP contribution is -2.24. The second-order valence-electron chi connectivity index (χ2n) is 23.2. The van der Waals surface area contributed by atoms with Crippen LogP contribution in [-0.2, 0) is 86.7 Å². The molecule has 0 fully saturated rings. The minimum atomic E-state index is -4.71. The van der Waals surface area contributed by atoms with Crippen molar-refractivity contribution in [3.05, 3.63) is 93.0 Å². The van der Waals surface area contributed by atoms with E-state index in [1.54, 1.807) is 48.5 Å². The molecule has 0 radical (unpaired) electrons. The maximum absolute atomic E-state index is 16.3. The van der Waals surface area contributed by atoms with E-state index in [9.17, 15) is 0 Å². The van der Waals surface area contributed by atoms with Gasteiger partial charge in [-0.25, -0.2) is 33.7 Å². The van der Waals surface area contributed by atoms with E-state index in [4.69, 9.17) is 0 Å². The third kappa shape index (κ3) is 10.8. The van der Waals surface area contributed by atoms with Crippen LogP contribution in [0, 0.1) is 0 Å². The number of benzene rings is 4. The van der Waals surface area contributed by atoms with Crippen molar-refractivity contribution < 1.29 is 33.7 Å². The Labute approximate surface area is 412 Å². The molecule has 0 aliphatic carbocycles. The molecule has 12 heteroatoms. The van der Waals surface area contributed by atoms with Crippen LogP contribution in [0.3, 0.4) is 0 Å². The van der Waals surface area contributed by atoms with Crippen molar-refractivity contribution in [2.75, 3.05) is 0 Å². The van der Waals surface area contributed by atoms with Crippen LogP contribution in [-0.4, -0.2) is 33.7 Å². The van der Waals surface area contributed by atoms with Crippen LogP contribution >= 0.6 is 0 Å². The van der Waals surface area contributed by atoms with Crippen molar-refractivity contribution in [2.45, 2.75) is 249 Å². The summed E-state index contributed by atoms with van der Waals surface area (Å²) >= 11 is 0. The first kappa shape index (κ1) is 55.6. The standard InChI is InChI=1S/C56H80O8S4/c1-17-21-25-41-45-29-37(53(5,6)7)30-46(41)66(59,60)48-32-39(55(11,12)13)34-50(43(48)27-23-19-3)68(63,64)52-36-40(56(14,15)16)35-51(44(52)28-24-20-4)67(61,62)49-33-38(54(8,9)10)31-47(65(45,57)58)42(49)26-22-18-2/h29-36H,17-28H2,1-16H3. The van der Waals surface area contributed by atoms with E-state index >= 15 is 33.7 Å². The Morgan fingerprint density at radius 1 is 0.279 bits per heavy atom. The number of unbranched alkanes of at least 4 members (excludes halogenated alkanes) is 4. The molecular weight excluding hydrogens is 929 g/mol. The summed E-state index contributed by atoms with van der Waals surface area (Å²) < 4.78 is 130. The van der Waals surface area contributed by atoms with Crippen LogP contribution < -0.4 is 0 Å². The quantitative estimate of drug-likeness (QED) is 0.120. The Morgan fingerprint density at radius 3 is 0.515 bits per heavy atom. The number of fused-ring (bicyclic) bond motifs is 8. The topological polar surface area (TPSA) is 137 Å². The van der Waals surface area contributed by atoms with Crippen molar-refractivity contribution in [1.29, 1.82) is 0 Å². The number of hydrogen-bond acceptors (Lipinski definition) is 8. The lowest BCUT2D eigenvalue weighted by Gasteiger charge is -2.29. The number of hydrogen-bond donors (Lipinski definition) is 0. The minimum Gasteiger partial charge on any atom is -0.218 e. The normalized spacial score (nSPS) is 16.7. The summed E-state index contributed by atoms with van der Waals surface area (Å²) in [7, 11) is -18.8. The average Bonchev–Trinajstić information content (AvgIpc) is 3.23. The summed E-state index contributed by atoms with van der Waals surface area (Å²) in [5, 5.41) is 0. The summed E-state index contributed by atoms with van der Waals surface area (Å²) in [6, 6.07) is 12.8. The molecule has 0 spiro atoms. The van der Waals surface area contributed by atoms with Crippen LogP contribution in [0.25, 0.3) is 0 Å². The van der Waals surface area contributed by atoms with Gasteiger partial charge in [-0.3, -0.25) is 0 Å². The summed E-state index contributed by atoms with van der Waals surface area (Å²) in [5.74, 6) is 0. The Bertz CT molecular complexity index is 2480. The smallest absolute Gasteiger partial charge is 0.207 e. The van der Waals surface area contributed by atoms with E-state index in [1.807, 2.05) is 111 Å². The van der Waals surface area contributed by atoms with E-state index in [0.29, 0.717) is 73.6 Å². The molecule has 8 nitrogen and oxygen atoms in total. The Morgan fingerprint density at radius 2 is 0.412 bits per heavy atom. The van der Waals surface area contributed by atoms with Crippen molar-refractivity contribution in [2.24, 2.45) is 0 Å². The van der Waals surface area contributed by atoms with Crippen LogP contribution in [0.5, 0.6) is 0 Å². The molecule has 5 rings (SSSR count). The predicted molar refractivity (Wildman–Crippen MR) is 277 cm³/mol. The second-order valence-corrected chi connectivity index (χ2v) is 30.8. The molecular formula is C56H80O8S4. The number of rotatable bonds is 12. The lowest BCUT2D eigenvalue weighted by atomic mass is 9.86. The van der Waals surface area contributed by atoms with Gasteiger partial charge >= 0.3 is 0 Å². The van der Waals surface area contributed by atoms with E-state index in [0.717, 1.165) is 0 Å². The van der Waals surface area contributed by atoms with Gasteiger partial charge in [0.25, 0.3) is 0 Å². The SMILES string of the molecule is CCCCc1c2cc(C(C)(C)C)cc1S(=O)(=O)c1cc(C(C)(C)C)cc(c1CCCC)S(=O)(=O)c1cc(C(C)(C)C)cc(c1CCCC)S(=O)(=O)c1cc(C(C)(C)C)cc(c1CCCC)S2(=O)=O. The third-order valence-electron chi connectivity index (χ3n) is 13.6. The molecule has 0 N–H and O–H groups in total. The van der Waals surface area contributed by atoms with Gasteiger partial charge in [-0.1, -0.05) is 136 Å². The van der Waals surface area contributed by atoms with Gasteiger partial charge in [0.2, 0.25) is 39.3 Å². The molecule has 1 aliphatic rings. The molecule has 4 aromatic carbocycles. The first-order valence-corrected chi connectivity index (χ1v) is 30.8. The van der Waals surface area contributed by atoms with Crippen LogP contribution in [0.15, 0.2) is 87.7 Å². The largest absolute Gasteiger partial charge is 0.218 e. The molecule has 0 aromatic heterocycles. The van der Waals surface area contributed by atoms with Crippen molar-refractivity contribution in [3.8, 4) is 0 Å². The maximum Gasteiger partial charge on any atom is 0.207 e. The molecule has 0 atom stereocenters. The van der Waals surface area contributed by atoms with Gasteiger partial charge in [-0.05, 0) is 166 Å². The summed E-state index contributed by atoms with van der Waals surface area (Å²) in [6.07, 6.45) is 4.71. The van der Waals surface area contributed by atoms with E-state index < -0.39 is 61.0 Å². The van der Waals surface area contributed by atoms with Gasteiger partial charge in [0.15, 0.2) is 0 Å². The molecule has 68 heavy (non-hydrogen) atoms. The Hall–Kier alpha value is -3.32. The fourth-order valence-corrected chi connectivity index (χ4v) is 16.8. The zero-order valence-electron chi connectivity index (χ0n) is 44.0. The molecule has 0 amide bonds. The molecule has 0 unspecified atom stereocenters. The fraction of sp³-hybridized carbons (Fsp3) is 0.571. The Balaban J connectivity index is 2.33. The first-order chi connectivity index (χ1) is 31.1. The van der Waals surface area contributed by atoms with E-state index in [1.165, 1.54) is 0 Å². The molecule has 4 aromatic rings. The van der Waals surface area contributed by atoms with Gasteiger partial charge in [-0.2, -0.15) is 0 Å². The first-order valence-electron chi connectivity index (χ1n) is 24.8.